The van der Waals surface area contributed by atoms with Gasteiger partial charge in [-0.05, 0) is 27.5 Å². The summed E-state index contributed by atoms with van der Waals surface area (Å²) in [6, 6.07) is 36.9. The van der Waals surface area contributed by atoms with Gasteiger partial charge in [0, 0.05) is 0 Å². The molecule has 0 bridgehead atoms. The summed E-state index contributed by atoms with van der Waals surface area (Å²) >= 11 is 0. The first-order valence-corrected chi connectivity index (χ1v) is 9.10. The maximum atomic E-state index is 9.97. The molecule has 2 nitrogen and oxygen atoms in total. The lowest BCUT2D eigenvalue weighted by molar-refractivity contribution is 0.561. The van der Waals surface area contributed by atoms with Gasteiger partial charge in [0.05, 0.1) is 12.1 Å². The van der Waals surface area contributed by atoms with E-state index in [0.29, 0.717) is 0 Å². The molecule has 0 saturated carbocycles. The average Bonchev–Trinajstić information content (AvgIpc) is 2.76. The molecular formula is C25H20N2. The maximum Gasteiger partial charge on any atom is 0.122 e. The van der Waals surface area contributed by atoms with E-state index in [1.165, 1.54) is 0 Å². The molecule has 0 aliphatic rings. The van der Waals surface area contributed by atoms with Gasteiger partial charge in [-0.1, -0.05) is 103 Å². The molecule has 0 aliphatic heterocycles. The van der Waals surface area contributed by atoms with E-state index in [1.54, 1.807) is 0 Å². The Kier molecular flexibility index (Phi) is 4.96. The van der Waals surface area contributed by atoms with Gasteiger partial charge in [-0.2, -0.15) is 5.26 Å². The molecule has 4 aromatic carbocycles. The molecule has 0 amide bonds. The lowest BCUT2D eigenvalue weighted by Crippen LogP contribution is -2.26. The molecule has 130 valence electrons. The van der Waals surface area contributed by atoms with E-state index in [2.05, 4.69) is 53.9 Å². The van der Waals surface area contributed by atoms with Crippen LogP contribution >= 0.6 is 0 Å². The summed E-state index contributed by atoms with van der Waals surface area (Å²) in [4.78, 5) is 0. The molecule has 0 heterocycles. The summed E-state index contributed by atoms with van der Waals surface area (Å²) in [5.41, 5.74) is 3.29. The molecule has 1 N–H and O–H groups in total. The van der Waals surface area contributed by atoms with Crippen LogP contribution in [0.3, 0.4) is 0 Å². The number of hydrogen-bond acceptors (Lipinski definition) is 2. The van der Waals surface area contributed by atoms with Crippen LogP contribution < -0.4 is 5.32 Å². The van der Waals surface area contributed by atoms with Crippen molar-refractivity contribution in [3.63, 3.8) is 0 Å². The first-order chi connectivity index (χ1) is 13.4. The van der Waals surface area contributed by atoms with Crippen LogP contribution in [-0.4, -0.2) is 0 Å². The van der Waals surface area contributed by atoms with Gasteiger partial charge in [0.2, 0.25) is 0 Å². The first kappa shape index (κ1) is 17.0. The van der Waals surface area contributed by atoms with Crippen LogP contribution in [0.2, 0.25) is 0 Å². The van der Waals surface area contributed by atoms with Crippen LogP contribution in [0.1, 0.15) is 28.8 Å². The second-order valence-corrected chi connectivity index (χ2v) is 6.55. The lowest BCUT2D eigenvalue weighted by atomic mass is 9.94. The molecule has 0 aromatic heterocycles. The smallest absolute Gasteiger partial charge is 0.122 e. The minimum Gasteiger partial charge on any atom is -0.287 e. The van der Waals surface area contributed by atoms with Gasteiger partial charge >= 0.3 is 0 Å². The number of nitriles is 1. The van der Waals surface area contributed by atoms with Gasteiger partial charge in [-0.15, -0.1) is 0 Å². The third kappa shape index (κ3) is 3.60. The number of nitrogens with zero attached hydrogens (tertiary/aromatic N) is 1. The molecule has 0 saturated heterocycles. The molecule has 0 fully saturated rings. The van der Waals surface area contributed by atoms with Crippen molar-refractivity contribution in [3.8, 4) is 6.07 Å². The van der Waals surface area contributed by atoms with E-state index in [-0.39, 0.29) is 6.04 Å². The van der Waals surface area contributed by atoms with Crippen molar-refractivity contribution in [2.45, 2.75) is 12.1 Å². The monoisotopic (exact) mass is 348 g/mol. The average molecular weight is 348 g/mol. The number of benzene rings is 4. The van der Waals surface area contributed by atoms with Crippen LogP contribution in [-0.2, 0) is 0 Å². The zero-order chi connectivity index (χ0) is 18.5. The third-order valence-electron chi connectivity index (χ3n) is 4.86. The van der Waals surface area contributed by atoms with Crippen molar-refractivity contribution in [2.75, 3.05) is 0 Å². The number of nitrogens with one attached hydrogen (secondary N) is 1. The molecule has 2 heteroatoms. The van der Waals surface area contributed by atoms with Crippen molar-refractivity contribution in [2.24, 2.45) is 0 Å². The van der Waals surface area contributed by atoms with Crippen molar-refractivity contribution in [3.05, 3.63) is 120 Å². The van der Waals surface area contributed by atoms with Crippen molar-refractivity contribution in [1.82, 2.24) is 5.32 Å². The largest absolute Gasteiger partial charge is 0.287 e. The SMILES string of the molecule is N#CC(NC(c1ccccc1)c1ccccc1)c1cccc2ccccc12. The second-order valence-electron chi connectivity index (χ2n) is 6.55. The summed E-state index contributed by atoms with van der Waals surface area (Å²) in [6.07, 6.45) is 0. The Labute approximate surface area is 159 Å². The predicted octanol–water partition coefficient (Wildman–Crippen LogP) is 5.78. The number of hydrogen-bond donors (Lipinski definition) is 1. The van der Waals surface area contributed by atoms with Crippen LogP contribution in [0.15, 0.2) is 103 Å². The normalized spacial score (nSPS) is 12.0. The van der Waals surface area contributed by atoms with E-state index in [4.69, 9.17) is 0 Å². The maximum absolute atomic E-state index is 9.97. The highest BCUT2D eigenvalue weighted by molar-refractivity contribution is 5.86. The molecule has 4 aromatic rings. The Morgan fingerprint density at radius 1 is 0.630 bits per heavy atom. The Balaban J connectivity index is 1.76. The Morgan fingerprint density at radius 3 is 1.81 bits per heavy atom. The number of rotatable bonds is 5. The molecular weight excluding hydrogens is 328 g/mol. The topological polar surface area (TPSA) is 35.8 Å². The van der Waals surface area contributed by atoms with Gasteiger partial charge < -0.3 is 0 Å². The molecule has 1 atom stereocenters. The molecule has 1 unspecified atom stereocenters. The molecule has 0 spiro atoms. The van der Waals surface area contributed by atoms with Gasteiger partial charge in [0.25, 0.3) is 0 Å². The van der Waals surface area contributed by atoms with Crippen LogP contribution in [0.5, 0.6) is 0 Å². The summed E-state index contributed by atoms with van der Waals surface area (Å²) in [7, 11) is 0. The van der Waals surface area contributed by atoms with E-state index in [1.807, 2.05) is 60.7 Å². The summed E-state index contributed by atoms with van der Waals surface area (Å²) in [5.74, 6) is 0. The lowest BCUT2D eigenvalue weighted by Gasteiger charge is -2.24. The van der Waals surface area contributed by atoms with E-state index in [9.17, 15) is 5.26 Å². The van der Waals surface area contributed by atoms with Crippen molar-refractivity contribution >= 4 is 10.8 Å². The van der Waals surface area contributed by atoms with E-state index >= 15 is 0 Å². The third-order valence-corrected chi connectivity index (χ3v) is 4.86. The highest BCUT2D eigenvalue weighted by atomic mass is 15.0. The Bertz CT molecular complexity index is 1020. The van der Waals surface area contributed by atoms with Crippen molar-refractivity contribution in [1.29, 1.82) is 5.26 Å². The van der Waals surface area contributed by atoms with Crippen molar-refractivity contribution < 1.29 is 0 Å². The Hall–Kier alpha value is -3.41. The highest BCUT2D eigenvalue weighted by Crippen LogP contribution is 2.29. The fourth-order valence-corrected chi connectivity index (χ4v) is 3.54. The Morgan fingerprint density at radius 2 is 1.19 bits per heavy atom. The fraction of sp³-hybridized carbons (Fsp3) is 0.0800. The predicted molar refractivity (Wildman–Crippen MR) is 110 cm³/mol. The summed E-state index contributed by atoms with van der Waals surface area (Å²) in [6.45, 7) is 0. The van der Waals surface area contributed by atoms with E-state index in [0.717, 1.165) is 27.5 Å². The fourth-order valence-electron chi connectivity index (χ4n) is 3.54. The molecule has 27 heavy (non-hydrogen) atoms. The minimum absolute atomic E-state index is 0.0592. The van der Waals surface area contributed by atoms with Gasteiger partial charge in [-0.25, -0.2) is 0 Å². The minimum atomic E-state index is -0.415. The summed E-state index contributed by atoms with van der Waals surface area (Å²) < 4.78 is 0. The molecule has 0 radical (unpaired) electrons. The van der Waals surface area contributed by atoms with Gasteiger partial charge in [0.1, 0.15) is 6.04 Å². The first-order valence-electron chi connectivity index (χ1n) is 9.10. The highest BCUT2D eigenvalue weighted by Gasteiger charge is 2.21. The van der Waals surface area contributed by atoms with Crippen LogP contribution in [0.4, 0.5) is 0 Å². The zero-order valence-electron chi connectivity index (χ0n) is 14.9. The van der Waals surface area contributed by atoms with E-state index < -0.39 is 6.04 Å². The van der Waals surface area contributed by atoms with Gasteiger partial charge in [0.15, 0.2) is 0 Å². The zero-order valence-corrected chi connectivity index (χ0v) is 14.9. The van der Waals surface area contributed by atoms with Crippen LogP contribution in [0.25, 0.3) is 10.8 Å². The summed E-state index contributed by atoms with van der Waals surface area (Å²) in [5, 5.41) is 15.8. The number of fused-ring (bicyclic) bond motifs is 1. The van der Waals surface area contributed by atoms with Gasteiger partial charge in [-0.3, -0.25) is 5.32 Å². The standard InChI is InChI=1S/C25H20N2/c26-18-24(23-17-9-15-19-10-7-8-16-22(19)23)27-25(20-11-3-1-4-12-20)21-13-5-2-6-14-21/h1-17,24-25,27H. The second kappa shape index (κ2) is 7.86. The van der Waals surface area contributed by atoms with Crippen LogP contribution in [0, 0.1) is 11.3 Å². The molecule has 0 aliphatic carbocycles. The molecule has 4 rings (SSSR count). The quantitative estimate of drug-likeness (QED) is 0.496.